The molecule has 1 atom stereocenters. The summed E-state index contributed by atoms with van der Waals surface area (Å²) < 4.78 is 81.9. The summed E-state index contributed by atoms with van der Waals surface area (Å²) >= 11 is 0. The van der Waals surface area contributed by atoms with Crippen molar-refractivity contribution in [3.8, 4) is 16.9 Å². The van der Waals surface area contributed by atoms with Crippen LogP contribution in [-0.2, 0) is 4.74 Å². The minimum atomic E-state index is -1.24. The smallest absolute Gasteiger partial charge is 0.341 e. The molecule has 0 amide bonds. The third kappa shape index (κ3) is 4.98. The Hall–Kier alpha value is -3.68. The van der Waals surface area contributed by atoms with Gasteiger partial charge in [-0.1, -0.05) is 24.3 Å². The van der Waals surface area contributed by atoms with Crippen molar-refractivity contribution in [1.29, 1.82) is 0 Å². The number of ether oxygens (including phenoxy) is 2. The second-order valence-electron chi connectivity index (χ2n) is 8.46. The van der Waals surface area contributed by atoms with Crippen LogP contribution in [0.5, 0.6) is 5.75 Å². The summed E-state index contributed by atoms with van der Waals surface area (Å²) in [6.45, 7) is 3.19. The van der Waals surface area contributed by atoms with Gasteiger partial charge >= 0.3 is 5.97 Å². The number of esters is 1. The number of benzene rings is 3. The molecule has 0 fully saturated rings. The van der Waals surface area contributed by atoms with Crippen LogP contribution in [0.2, 0.25) is 0 Å². The van der Waals surface area contributed by atoms with Crippen LogP contribution in [0.3, 0.4) is 0 Å². The van der Waals surface area contributed by atoms with E-state index >= 15 is 0 Å². The molecule has 0 aliphatic heterocycles. The number of hydrogen-bond acceptors (Lipinski definition) is 3. The van der Waals surface area contributed by atoms with Gasteiger partial charge in [-0.3, -0.25) is 0 Å². The van der Waals surface area contributed by atoms with Gasteiger partial charge in [-0.25, -0.2) is 22.4 Å². The maximum absolute atomic E-state index is 14.9. The van der Waals surface area contributed by atoms with E-state index in [9.17, 15) is 26.7 Å². The fraction of sp³-hybridized carbons (Fsp3) is 0.250. The number of allylic oxidation sites excluding steroid dienone is 1. The zero-order chi connectivity index (χ0) is 26.0. The van der Waals surface area contributed by atoms with Gasteiger partial charge in [0.05, 0.1) is 12.2 Å². The van der Waals surface area contributed by atoms with Crippen LogP contribution in [0.1, 0.15) is 47.7 Å². The van der Waals surface area contributed by atoms with Gasteiger partial charge < -0.3 is 9.47 Å². The van der Waals surface area contributed by atoms with Crippen LogP contribution in [0.25, 0.3) is 16.7 Å². The second-order valence-corrected chi connectivity index (χ2v) is 8.46. The molecule has 1 aliphatic carbocycles. The first-order valence-corrected chi connectivity index (χ1v) is 11.5. The number of aryl methyl sites for hydroxylation is 1. The molecule has 3 aromatic rings. The zero-order valence-electron chi connectivity index (χ0n) is 19.6. The van der Waals surface area contributed by atoms with Crippen LogP contribution >= 0.6 is 0 Å². The number of rotatable bonds is 6. The van der Waals surface area contributed by atoms with Gasteiger partial charge in [0, 0.05) is 17.5 Å². The Labute approximate surface area is 205 Å². The molecule has 36 heavy (non-hydrogen) atoms. The molecule has 0 bridgehead atoms. The Bertz CT molecular complexity index is 1350. The van der Waals surface area contributed by atoms with Gasteiger partial charge in [0.2, 0.25) is 5.82 Å². The molecule has 188 valence electrons. The molecule has 0 saturated carbocycles. The Morgan fingerprint density at radius 1 is 0.917 bits per heavy atom. The lowest BCUT2D eigenvalue weighted by Crippen LogP contribution is -2.21. The highest BCUT2D eigenvalue weighted by atomic mass is 19.2. The number of carbonyl (C=O) groups is 1. The summed E-state index contributed by atoms with van der Waals surface area (Å²) in [6, 6.07) is 9.24. The van der Waals surface area contributed by atoms with E-state index in [1.165, 1.54) is 43.3 Å². The Morgan fingerprint density at radius 3 is 2.33 bits per heavy atom. The second kappa shape index (κ2) is 10.5. The van der Waals surface area contributed by atoms with Crippen molar-refractivity contribution in [2.24, 2.45) is 0 Å². The first-order valence-electron chi connectivity index (χ1n) is 11.5. The van der Waals surface area contributed by atoms with E-state index in [-0.39, 0.29) is 29.0 Å². The number of halogens is 5. The highest BCUT2D eigenvalue weighted by Gasteiger charge is 2.24. The monoisotopic (exact) mass is 502 g/mol. The maximum atomic E-state index is 14.9. The zero-order valence-corrected chi connectivity index (χ0v) is 19.6. The molecule has 0 heterocycles. The third-order valence-corrected chi connectivity index (χ3v) is 6.11. The van der Waals surface area contributed by atoms with Crippen LogP contribution in [0.4, 0.5) is 22.0 Å². The van der Waals surface area contributed by atoms with Crippen molar-refractivity contribution < 1.29 is 36.2 Å². The standard InChI is InChI=1S/C28H23F5O3/c1-3-35-23-13-12-20(25(31)27(23)33)19-11-7-17(14-22(19)29)16-5-8-18(9-6-16)36-28(34)21-10-4-15(2)24(30)26(21)32/h4-5,7,10-14,18H,3,6,8-9H2,1-2H3. The molecule has 0 aromatic heterocycles. The van der Waals surface area contributed by atoms with Crippen molar-refractivity contribution in [2.75, 3.05) is 6.61 Å². The van der Waals surface area contributed by atoms with E-state index in [1.54, 1.807) is 19.1 Å². The summed E-state index contributed by atoms with van der Waals surface area (Å²) in [4.78, 5) is 12.3. The van der Waals surface area contributed by atoms with Crippen molar-refractivity contribution in [3.05, 3.63) is 94.3 Å². The van der Waals surface area contributed by atoms with Crippen molar-refractivity contribution >= 4 is 11.5 Å². The van der Waals surface area contributed by atoms with Gasteiger partial charge in [0.25, 0.3) is 0 Å². The minimum absolute atomic E-state index is 0.0861. The lowest BCUT2D eigenvalue weighted by Gasteiger charge is -2.23. The average Bonchev–Trinajstić information content (AvgIpc) is 2.86. The van der Waals surface area contributed by atoms with Crippen molar-refractivity contribution in [1.82, 2.24) is 0 Å². The largest absolute Gasteiger partial charge is 0.491 e. The van der Waals surface area contributed by atoms with E-state index in [4.69, 9.17) is 9.47 Å². The highest BCUT2D eigenvalue weighted by molar-refractivity contribution is 5.90. The molecule has 1 unspecified atom stereocenters. The first-order chi connectivity index (χ1) is 17.2. The molecule has 0 N–H and O–H groups in total. The van der Waals surface area contributed by atoms with E-state index < -0.39 is 46.7 Å². The van der Waals surface area contributed by atoms with E-state index in [0.717, 1.165) is 5.57 Å². The fourth-order valence-corrected chi connectivity index (χ4v) is 4.14. The Morgan fingerprint density at radius 2 is 1.67 bits per heavy atom. The Balaban J connectivity index is 1.47. The van der Waals surface area contributed by atoms with Gasteiger partial charge in [-0.2, -0.15) is 4.39 Å². The summed E-state index contributed by atoms with van der Waals surface area (Å²) in [5, 5.41) is 0. The van der Waals surface area contributed by atoms with Crippen molar-refractivity contribution in [3.63, 3.8) is 0 Å². The van der Waals surface area contributed by atoms with Gasteiger partial charge in [0.1, 0.15) is 11.9 Å². The van der Waals surface area contributed by atoms with Gasteiger partial charge in [-0.05, 0) is 67.7 Å². The summed E-state index contributed by atoms with van der Waals surface area (Å²) in [6.07, 6.45) is 2.37. The molecule has 8 heteroatoms. The van der Waals surface area contributed by atoms with Crippen LogP contribution in [-0.4, -0.2) is 18.7 Å². The molecule has 0 saturated heterocycles. The van der Waals surface area contributed by atoms with E-state index in [1.807, 2.05) is 0 Å². The maximum Gasteiger partial charge on any atom is 0.341 e. The molecule has 3 aromatic carbocycles. The lowest BCUT2D eigenvalue weighted by atomic mass is 9.90. The lowest BCUT2D eigenvalue weighted by molar-refractivity contribution is 0.0279. The molecule has 3 nitrogen and oxygen atoms in total. The molecular formula is C28H23F5O3. The van der Waals surface area contributed by atoms with Crippen LogP contribution < -0.4 is 4.74 Å². The highest BCUT2D eigenvalue weighted by Crippen LogP contribution is 2.35. The SMILES string of the molecule is CCOc1ccc(-c2ccc(C3=CCC(OC(=O)c4ccc(C)c(F)c4F)CC3)cc2F)c(F)c1F. The number of carbonyl (C=O) groups excluding carboxylic acids is 1. The van der Waals surface area contributed by atoms with Crippen LogP contribution in [0, 0.1) is 36.0 Å². The minimum Gasteiger partial charge on any atom is -0.491 e. The van der Waals surface area contributed by atoms with E-state index in [0.29, 0.717) is 24.8 Å². The summed E-state index contributed by atoms with van der Waals surface area (Å²) in [7, 11) is 0. The van der Waals surface area contributed by atoms with Gasteiger partial charge in [0.15, 0.2) is 23.2 Å². The Kier molecular flexibility index (Phi) is 7.43. The molecule has 0 radical (unpaired) electrons. The fourth-order valence-electron chi connectivity index (χ4n) is 4.14. The molecule has 0 spiro atoms. The molecule has 1 aliphatic rings. The quantitative estimate of drug-likeness (QED) is 0.258. The summed E-state index contributed by atoms with van der Waals surface area (Å²) in [5.41, 5.74) is 0.655. The predicted molar refractivity (Wildman–Crippen MR) is 125 cm³/mol. The van der Waals surface area contributed by atoms with Gasteiger partial charge in [-0.15, -0.1) is 0 Å². The first kappa shape index (κ1) is 25.4. The predicted octanol–water partition coefficient (Wildman–Crippen LogP) is 7.55. The number of hydrogen-bond donors (Lipinski definition) is 0. The topological polar surface area (TPSA) is 35.5 Å². The molecular weight excluding hydrogens is 479 g/mol. The van der Waals surface area contributed by atoms with E-state index in [2.05, 4.69) is 0 Å². The summed E-state index contributed by atoms with van der Waals surface area (Å²) in [5.74, 6) is -6.62. The van der Waals surface area contributed by atoms with Crippen molar-refractivity contribution in [2.45, 2.75) is 39.2 Å². The van der Waals surface area contributed by atoms with Crippen LogP contribution in [0.15, 0.2) is 48.5 Å². The average molecular weight is 502 g/mol. The molecule has 4 rings (SSSR count). The third-order valence-electron chi connectivity index (χ3n) is 6.11. The normalized spacial score (nSPS) is 15.4.